The molecule has 0 saturated heterocycles. The van der Waals surface area contributed by atoms with Crippen molar-refractivity contribution >= 4 is 22.8 Å². The van der Waals surface area contributed by atoms with E-state index < -0.39 is 23.7 Å². The lowest BCUT2D eigenvalue weighted by atomic mass is 9.97. The molecule has 2 aromatic rings. The fourth-order valence-corrected chi connectivity index (χ4v) is 2.53. The summed E-state index contributed by atoms with van der Waals surface area (Å²) in [5, 5.41) is 4.79. The van der Waals surface area contributed by atoms with Crippen LogP contribution in [0.3, 0.4) is 0 Å². The van der Waals surface area contributed by atoms with Crippen molar-refractivity contribution < 1.29 is 19.1 Å². The average Bonchev–Trinajstić information content (AvgIpc) is 2.57. The summed E-state index contributed by atoms with van der Waals surface area (Å²) in [5.41, 5.74) is 0.226. The van der Waals surface area contributed by atoms with E-state index in [9.17, 15) is 9.59 Å². The van der Waals surface area contributed by atoms with Crippen molar-refractivity contribution in [3.05, 3.63) is 60.2 Å². The number of esters is 1. The lowest BCUT2D eigenvalue weighted by Gasteiger charge is -2.24. The van der Waals surface area contributed by atoms with Gasteiger partial charge in [0.25, 0.3) is 0 Å². The van der Waals surface area contributed by atoms with Gasteiger partial charge in [-0.05, 0) is 50.1 Å². The van der Waals surface area contributed by atoms with Crippen LogP contribution >= 0.6 is 0 Å². The van der Waals surface area contributed by atoms with E-state index in [1.54, 1.807) is 27.7 Å². The highest BCUT2D eigenvalue weighted by molar-refractivity contribution is 5.91. The van der Waals surface area contributed by atoms with Crippen molar-refractivity contribution in [2.24, 2.45) is 0 Å². The maximum atomic E-state index is 12.3. The van der Waals surface area contributed by atoms with E-state index in [1.807, 2.05) is 42.5 Å². The topological polar surface area (TPSA) is 64.6 Å². The molecule has 26 heavy (non-hydrogen) atoms. The van der Waals surface area contributed by atoms with Crippen LogP contribution in [0.4, 0.5) is 4.79 Å². The molecule has 0 heterocycles. The quantitative estimate of drug-likeness (QED) is 0.632. The standard InChI is InChI=1S/C21H25NO4/c1-6-25-19(23)14(2)18(22-20(24)26-21(3,4)5)17-12-11-15-9-7-8-10-16(15)13-17/h7-13,18H,2,6H2,1,3-5H3,(H,22,24)/t18-/m0/s1. The first-order valence-corrected chi connectivity index (χ1v) is 8.55. The molecule has 0 aliphatic carbocycles. The third kappa shape index (κ3) is 5.09. The van der Waals surface area contributed by atoms with E-state index in [0.717, 1.165) is 16.3 Å². The van der Waals surface area contributed by atoms with Crippen LogP contribution in [-0.4, -0.2) is 24.3 Å². The van der Waals surface area contributed by atoms with Crippen molar-refractivity contribution in [1.29, 1.82) is 0 Å². The summed E-state index contributed by atoms with van der Waals surface area (Å²) in [5.74, 6) is -0.554. The van der Waals surface area contributed by atoms with Crippen LogP contribution in [0.5, 0.6) is 0 Å². The number of amides is 1. The monoisotopic (exact) mass is 355 g/mol. The Hall–Kier alpha value is -2.82. The van der Waals surface area contributed by atoms with Crippen LogP contribution in [0.2, 0.25) is 0 Å². The van der Waals surface area contributed by atoms with Crippen molar-refractivity contribution in [2.75, 3.05) is 6.61 Å². The zero-order valence-corrected chi connectivity index (χ0v) is 15.7. The maximum Gasteiger partial charge on any atom is 0.408 e. The third-order valence-corrected chi connectivity index (χ3v) is 3.65. The molecule has 0 radical (unpaired) electrons. The minimum absolute atomic E-state index is 0.146. The number of carbonyl (C=O) groups is 2. The first kappa shape index (κ1) is 19.5. The average molecular weight is 355 g/mol. The zero-order chi connectivity index (χ0) is 19.3. The molecule has 1 amide bonds. The van der Waals surface area contributed by atoms with Gasteiger partial charge in [-0.15, -0.1) is 0 Å². The normalized spacial score (nSPS) is 12.3. The molecule has 5 heteroatoms. The highest BCUT2D eigenvalue weighted by atomic mass is 16.6. The Morgan fingerprint density at radius 1 is 1.12 bits per heavy atom. The number of hydrogen-bond acceptors (Lipinski definition) is 4. The van der Waals surface area contributed by atoms with E-state index in [1.165, 1.54) is 0 Å². The van der Waals surface area contributed by atoms with E-state index in [4.69, 9.17) is 9.47 Å². The number of ether oxygens (including phenoxy) is 2. The summed E-state index contributed by atoms with van der Waals surface area (Å²) in [4.78, 5) is 24.4. The van der Waals surface area contributed by atoms with Gasteiger partial charge in [-0.2, -0.15) is 0 Å². The first-order valence-electron chi connectivity index (χ1n) is 8.55. The van der Waals surface area contributed by atoms with Crippen LogP contribution in [0, 0.1) is 0 Å². The lowest BCUT2D eigenvalue weighted by molar-refractivity contribution is -0.138. The fraction of sp³-hybridized carbons (Fsp3) is 0.333. The third-order valence-electron chi connectivity index (χ3n) is 3.65. The Labute approximate surface area is 154 Å². The van der Waals surface area contributed by atoms with Crippen LogP contribution in [-0.2, 0) is 14.3 Å². The van der Waals surface area contributed by atoms with Gasteiger partial charge in [0.1, 0.15) is 5.60 Å². The Morgan fingerprint density at radius 3 is 2.38 bits per heavy atom. The Balaban J connectivity index is 2.36. The molecule has 5 nitrogen and oxygen atoms in total. The van der Waals surface area contributed by atoms with Gasteiger partial charge in [-0.1, -0.05) is 43.0 Å². The van der Waals surface area contributed by atoms with Crippen LogP contribution in [0.15, 0.2) is 54.6 Å². The highest BCUT2D eigenvalue weighted by Crippen LogP contribution is 2.26. The van der Waals surface area contributed by atoms with Crippen LogP contribution in [0.1, 0.15) is 39.3 Å². The highest BCUT2D eigenvalue weighted by Gasteiger charge is 2.26. The molecule has 138 valence electrons. The van der Waals surface area contributed by atoms with Gasteiger partial charge in [0.2, 0.25) is 0 Å². The van der Waals surface area contributed by atoms with Crippen molar-refractivity contribution in [2.45, 2.75) is 39.3 Å². The van der Waals surface area contributed by atoms with Gasteiger partial charge in [-0.3, -0.25) is 0 Å². The fourth-order valence-electron chi connectivity index (χ4n) is 2.53. The van der Waals surface area contributed by atoms with Crippen LogP contribution in [0.25, 0.3) is 10.8 Å². The number of hydrogen-bond donors (Lipinski definition) is 1. The SMILES string of the molecule is C=C(C(=O)OCC)[C@H](NC(=O)OC(C)(C)C)c1ccc2ccccc2c1. The van der Waals surface area contributed by atoms with Gasteiger partial charge in [0, 0.05) is 0 Å². The second-order valence-electron chi connectivity index (χ2n) is 6.93. The van der Waals surface area contributed by atoms with Crippen molar-refractivity contribution in [1.82, 2.24) is 5.32 Å². The molecular weight excluding hydrogens is 330 g/mol. The van der Waals surface area contributed by atoms with Gasteiger partial charge in [0.05, 0.1) is 18.2 Å². The molecule has 0 aliphatic rings. The number of carbonyl (C=O) groups excluding carboxylic acids is 2. The summed E-state index contributed by atoms with van der Waals surface area (Å²) in [7, 11) is 0. The number of fused-ring (bicyclic) bond motifs is 1. The minimum Gasteiger partial charge on any atom is -0.463 e. The summed E-state index contributed by atoms with van der Waals surface area (Å²) in [6, 6.07) is 12.8. The van der Waals surface area contributed by atoms with Crippen molar-refractivity contribution in [3.8, 4) is 0 Å². The summed E-state index contributed by atoms with van der Waals surface area (Å²) < 4.78 is 10.4. The second-order valence-corrected chi connectivity index (χ2v) is 6.93. The smallest absolute Gasteiger partial charge is 0.408 e. The molecule has 2 rings (SSSR count). The maximum absolute atomic E-state index is 12.3. The molecule has 0 bridgehead atoms. The Morgan fingerprint density at radius 2 is 1.77 bits per heavy atom. The van der Waals surface area contributed by atoms with E-state index in [0.29, 0.717) is 0 Å². The number of benzene rings is 2. The molecule has 0 unspecified atom stereocenters. The van der Waals surface area contributed by atoms with E-state index in [2.05, 4.69) is 11.9 Å². The molecule has 2 aromatic carbocycles. The van der Waals surface area contributed by atoms with Gasteiger partial charge in [0.15, 0.2) is 0 Å². The second kappa shape index (κ2) is 8.04. The minimum atomic E-state index is -0.742. The Bertz CT molecular complexity index is 820. The molecule has 0 fully saturated rings. The summed E-state index contributed by atoms with van der Waals surface area (Å²) >= 11 is 0. The van der Waals surface area contributed by atoms with E-state index >= 15 is 0 Å². The summed E-state index contributed by atoms with van der Waals surface area (Å²) in [6.07, 6.45) is -0.624. The van der Waals surface area contributed by atoms with Gasteiger partial charge in [-0.25, -0.2) is 9.59 Å². The Kier molecular flexibility index (Phi) is 6.03. The molecular formula is C21H25NO4. The molecule has 0 saturated carbocycles. The van der Waals surface area contributed by atoms with Gasteiger partial charge < -0.3 is 14.8 Å². The molecule has 1 atom stereocenters. The molecule has 0 aliphatic heterocycles. The predicted octanol–water partition coefficient (Wildman–Crippen LogP) is 4.52. The molecule has 1 N–H and O–H groups in total. The summed E-state index contributed by atoms with van der Waals surface area (Å²) in [6.45, 7) is 11.1. The molecule has 0 aromatic heterocycles. The van der Waals surface area contributed by atoms with Crippen molar-refractivity contribution in [3.63, 3.8) is 0 Å². The molecule has 0 spiro atoms. The first-order chi connectivity index (χ1) is 12.2. The number of alkyl carbamates (subject to hydrolysis) is 1. The largest absolute Gasteiger partial charge is 0.463 e. The number of nitrogens with one attached hydrogen (secondary N) is 1. The van der Waals surface area contributed by atoms with E-state index in [-0.39, 0.29) is 12.2 Å². The number of rotatable bonds is 5. The van der Waals surface area contributed by atoms with Crippen LogP contribution < -0.4 is 5.32 Å². The predicted molar refractivity (Wildman–Crippen MR) is 102 cm³/mol. The lowest BCUT2D eigenvalue weighted by Crippen LogP contribution is -2.36. The van der Waals surface area contributed by atoms with Gasteiger partial charge >= 0.3 is 12.1 Å². The zero-order valence-electron chi connectivity index (χ0n) is 15.7.